The Morgan fingerprint density at radius 3 is 1.80 bits per heavy atom. The third-order valence-electron chi connectivity index (χ3n) is 0.513. The third kappa shape index (κ3) is 28.3. The van der Waals surface area contributed by atoms with Crippen LogP contribution >= 0.6 is 0 Å². The molecule has 1 amide bonds. The van der Waals surface area contributed by atoms with Crippen LogP contribution in [0.3, 0.4) is 0 Å². The fourth-order valence-electron chi connectivity index (χ4n) is 0. The number of nitrogens with zero attached hydrogens (tertiary/aromatic N) is 1. The summed E-state index contributed by atoms with van der Waals surface area (Å²) in [5.41, 5.74) is 0. The van der Waals surface area contributed by atoms with Crippen molar-refractivity contribution >= 4 is 12.4 Å². The molecule has 0 aliphatic heterocycles. The highest BCUT2D eigenvalue weighted by Crippen LogP contribution is 1.67. The summed E-state index contributed by atoms with van der Waals surface area (Å²) in [6.07, 6.45) is 0.972. The smallest absolute Gasteiger partial charge is 0.303 e. The van der Waals surface area contributed by atoms with Gasteiger partial charge in [-0.2, -0.15) is 0 Å². The highest BCUT2D eigenvalue weighted by Gasteiger charge is 1.80. The number of carboxylic acids is 1. The Balaban J connectivity index is 0. The van der Waals surface area contributed by atoms with Crippen molar-refractivity contribution in [3.05, 3.63) is 0 Å². The standard InChI is InChI=1S/C3H7NO.C3H6O2/c1-4(2)3-5;1-2-3(4)5/h3H,1-2H3;2H2,1H3,(H,4,5). The maximum absolute atomic E-state index is 9.43. The lowest BCUT2D eigenvalue weighted by Crippen LogP contribution is -2.06. The van der Waals surface area contributed by atoms with Crippen LogP contribution in [0.5, 0.6) is 0 Å². The van der Waals surface area contributed by atoms with Crippen molar-refractivity contribution in [2.24, 2.45) is 0 Å². The van der Waals surface area contributed by atoms with Gasteiger partial charge in [0.15, 0.2) is 0 Å². The van der Waals surface area contributed by atoms with E-state index in [1.54, 1.807) is 21.0 Å². The van der Waals surface area contributed by atoms with Gasteiger partial charge in [-0.3, -0.25) is 9.59 Å². The van der Waals surface area contributed by atoms with Gasteiger partial charge < -0.3 is 10.0 Å². The first-order valence-electron chi connectivity index (χ1n) is 2.88. The normalized spacial score (nSPS) is 7.10. The summed E-state index contributed by atoms with van der Waals surface area (Å²) >= 11 is 0. The first-order chi connectivity index (χ1) is 4.54. The molecule has 0 unspecified atom stereocenters. The molecule has 0 fully saturated rings. The zero-order valence-electron chi connectivity index (χ0n) is 6.50. The minimum Gasteiger partial charge on any atom is -0.481 e. The van der Waals surface area contributed by atoms with Crippen LogP contribution in [0.25, 0.3) is 0 Å². The summed E-state index contributed by atoms with van der Waals surface area (Å²) in [7, 11) is 3.38. The van der Waals surface area contributed by atoms with E-state index in [0.717, 1.165) is 6.41 Å². The Bertz CT molecular complexity index is 101. The summed E-state index contributed by atoms with van der Waals surface area (Å²) < 4.78 is 0. The maximum Gasteiger partial charge on any atom is 0.303 e. The second kappa shape index (κ2) is 7.94. The van der Waals surface area contributed by atoms with Gasteiger partial charge in [0.1, 0.15) is 0 Å². The van der Waals surface area contributed by atoms with E-state index in [1.807, 2.05) is 0 Å². The van der Waals surface area contributed by atoms with Gasteiger partial charge in [-0.05, 0) is 0 Å². The Labute approximate surface area is 60.4 Å². The van der Waals surface area contributed by atoms with Gasteiger partial charge in [-0.1, -0.05) is 6.92 Å². The van der Waals surface area contributed by atoms with E-state index in [4.69, 9.17) is 5.11 Å². The van der Waals surface area contributed by atoms with Crippen molar-refractivity contribution in [2.45, 2.75) is 13.3 Å². The molecule has 0 atom stereocenters. The van der Waals surface area contributed by atoms with Gasteiger partial charge in [0.2, 0.25) is 6.41 Å². The molecule has 0 aliphatic rings. The lowest BCUT2D eigenvalue weighted by molar-refractivity contribution is -0.136. The largest absolute Gasteiger partial charge is 0.481 e. The first kappa shape index (κ1) is 11.7. The van der Waals surface area contributed by atoms with Gasteiger partial charge in [0.25, 0.3) is 0 Å². The summed E-state index contributed by atoms with van der Waals surface area (Å²) in [6.45, 7) is 1.60. The molecule has 60 valence electrons. The van der Waals surface area contributed by atoms with Gasteiger partial charge in [0.05, 0.1) is 0 Å². The maximum atomic E-state index is 9.43. The van der Waals surface area contributed by atoms with Gasteiger partial charge >= 0.3 is 5.97 Å². The second-order valence-electron chi connectivity index (χ2n) is 1.82. The first-order valence-corrected chi connectivity index (χ1v) is 2.88. The molecule has 0 spiro atoms. The number of hydrogen-bond donors (Lipinski definition) is 1. The summed E-state index contributed by atoms with van der Waals surface area (Å²) in [6, 6.07) is 0. The predicted molar refractivity (Wildman–Crippen MR) is 37.7 cm³/mol. The number of amides is 1. The number of rotatable bonds is 2. The second-order valence-corrected chi connectivity index (χ2v) is 1.82. The predicted octanol–water partition coefficient (Wildman–Crippen LogP) is 0.185. The van der Waals surface area contributed by atoms with Crippen LogP contribution in [-0.4, -0.2) is 36.5 Å². The molecule has 0 aromatic heterocycles. The van der Waals surface area contributed by atoms with Crippen LogP contribution in [-0.2, 0) is 9.59 Å². The fourth-order valence-corrected chi connectivity index (χ4v) is 0. The molecule has 0 aromatic carbocycles. The van der Waals surface area contributed by atoms with Crippen LogP contribution in [0, 0.1) is 0 Å². The summed E-state index contributed by atoms with van der Waals surface area (Å²) in [5.74, 6) is -0.745. The summed E-state index contributed by atoms with van der Waals surface area (Å²) in [4.78, 5) is 20.2. The lowest BCUT2D eigenvalue weighted by atomic mass is 10.5. The van der Waals surface area contributed by atoms with E-state index in [9.17, 15) is 9.59 Å². The Morgan fingerprint density at radius 2 is 1.80 bits per heavy atom. The molecule has 10 heavy (non-hydrogen) atoms. The minimum absolute atomic E-state index is 0.222. The molecule has 0 aliphatic carbocycles. The van der Waals surface area contributed by atoms with E-state index < -0.39 is 5.97 Å². The highest BCUT2D eigenvalue weighted by atomic mass is 16.4. The average molecular weight is 147 g/mol. The van der Waals surface area contributed by atoms with Gasteiger partial charge in [-0.25, -0.2) is 0 Å². The molecular formula is C6H13NO3. The lowest BCUT2D eigenvalue weighted by Gasteiger charge is -1.93. The number of aliphatic carboxylic acids is 1. The molecule has 4 heteroatoms. The number of hydrogen-bond acceptors (Lipinski definition) is 2. The van der Waals surface area contributed by atoms with Crippen LogP contribution in [0.4, 0.5) is 0 Å². The minimum atomic E-state index is -0.745. The van der Waals surface area contributed by atoms with Crippen molar-refractivity contribution < 1.29 is 14.7 Å². The van der Waals surface area contributed by atoms with E-state index in [2.05, 4.69) is 0 Å². The number of carboxylic acid groups (broad SMARTS) is 1. The topological polar surface area (TPSA) is 57.6 Å². The van der Waals surface area contributed by atoms with E-state index in [1.165, 1.54) is 4.90 Å². The molecule has 4 nitrogen and oxygen atoms in total. The van der Waals surface area contributed by atoms with Crippen LogP contribution in [0.2, 0.25) is 0 Å². The number of carbonyl (C=O) groups excluding carboxylic acids is 1. The van der Waals surface area contributed by atoms with Crippen molar-refractivity contribution in [2.75, 3.05) is 14.1 Å². The van der Waals surface area contributed by atoms with E-state index in [-0.39, 0.29) is 6.42 Å². The quantitative estimate of drug-likeness (QED) is 0.567. The number of carbonyl (C=O) groups is 2. The molecule has 0 saturated carbocycles. The van der Waals surface area contributed by atoms with Crippen molar-refractivity contribution in [1.82, 2.24) is 4.90 Å². The molecule has 0 rings (SSSR count). The van der Waals surface area contributed by atoms with Gasteiger partial charge in [0, 0.05) is 20.5 Å². The molecule has 0 saturated heterocycles. The molecule has 1 N–H and O–H groups in total. The highest BCUT2D eigenvalue weighted by molar-refractivity contribution is 5.66. The average Bonchev–Trinajstić information content (AvgIpc) is 1.89. The zero-order valence-corrected chi connectivity index (χ0v) is 6.50. The summed E-state index contributed by atoms with van der Waals surface area (Å²) in [5, 5.41) is 7.72. The third-order valence-corrected chi connectivity index (χ3v) is 0.513. The molecule has 0 heterocycles. The van der Waals surface area contributed by atoms with Crippen LogP contribution in [0.15, 0.2) is 0 Å². The molecule has 0 bridgehead atoms. The Hall–Kier alpha value is -1.06. The molecule has 0 aromatic rings. The van der Waals surface area contributed by atoms with E-state index >= 15 is 0 Å². The van der Waals surface area contributed by atoms with E-state index in [0.29, 0.717) is 0 Å². The fraction of sp³-hybridized carbons (Fsp3) is 0.667. The van der Waals surface area contributed by atoms with Crippen LogP contribution < -0.4 is 0 Å². The van der Waals surface area contributed by atoms with Crippen molar-refractivity contribution in [1.29, 1.82) is 0 Å². The van der Waals surface area contributed by atoms with Crippen molar-refractivity contribution in [3.63, 3.8) is 0 Å². The Morgan fingerprint density at radius 1 is 1.60 bits per heavy atom. The monoisotopic (exact) mass is 147 g/mol. The van der Waals surface area contributed by atoms with Gasteiger partial charge in [-0.15, -0.1) is 0 Å². The van der Waals surface area contributed by atoms with Crippen LogP contribution in [0.1, 0.15) is 13.3 Å². The SMILES string of the molecule is CCC(=O)O.CN(C)C=O. The molecule has 0 radical (unpaired) electrons. The Kier molecular flexibility index (Phi) is 9.29. The molecular weight excluding hydrogens is 134 g/mol. The zero-order chi connectivity index (χ0) is 8.57. The van der Waals surface area contributed by atoms with Crippen molar-refractivity contribution in [3.8, 4) is 0 Å².